The van der Waals surface area contributed by atoms with E-state index < -0.39 is 4.92 Å². The predicted molar refractivity (Wildman–Crippen MR) is 93.7 cm³/mol. The Morgan fingerprint density at radius 2 is 2.12 bits per heavy atom. The van der Waals surface area contributed by atoms with Crippen molar-refractivity contribution in [3.63, 3.8) is 0 Å². The number of amides is 2. The van der Waals surface area contributed by atoms with E-state index in [1.807, 2.05) is 19.4 Å². The average molecular weight is 344 g/mol. The predicted octanol–water partition coefficient (Wildman–Crippen LogP) is 2.12. The molecule has 2 aromatic rings. The molecular formula is C16H20N6O3. The number of hydrogen-bond acceptors (Lipinski definition) is 5. The van der Waals surface area contributed by atoms with Crippen LogP contribution in [-0.4, -0.2) is 39.9 Å². The van der Waals surface area contributed by atoms with Crippen molar-refractivity contribution < 1.29 is 9.72 Å². The molecule has 1 unspecified atom stereocenters. The van der Waals surface area contributed by atoms with Gasteiger partial charge < -0.3 is 15.5 Å². The first kappa shape index (κ1) is 16.7. The molecule has 1 aromatic heterocycles. The zero-order valence-electron chi connectivity index (χ0n) is 13.9. The third-order valence-electron chi connectivity index (χ3n) is 4.15. The zero-order chi connectivity index (χ0) is 17.8. The van der Waals surface area contributed by atoms with E-state index in [-0.39, 0.29) is 17.8 Å². The van der Waals surface area contributed by atoms with Gasteiger partial charge in [0, 0.05) is 50.2 Å². The highest BCUT2D eigenvalue weighted by atomic mass is 16.6. The van der Waals surface area contributed by atoms with Crippen molar-refractivity contribution in [1.29, 1.82) is 0 Å². The number of non-ortho nitro benzene ring substituents is 1. The summed E-state index contributed by atoms with van der Waals surface area (Å²) >= 11 is 0. The summed E-state index contributed by atoms with van der Waals surface area (Å²) in [6.45, 7) is 1.66. The van der Waals surface area contributed by atoms with Crippen LogP contribution >= 0.6 is 0 Å². The number of carbonyl (C=O) groups is 1. The Bertz CT molecular complexity index is 757. The van der Waals surface area contributed by atoms with E-state index >= 15 is 0 Å². The number of hydrogen-bond donors (Lipinski definition) is 2. The number of aryl methyl sites for hydroxylation is 1. The summed E-state index contributed by atoms with van der Waals surface area (Å²) in [4.78, 5) is 24.5. The molecule has 0 aliphatic carbocycles. The van der Waals surface area contributed by atoms with E-state index in [4.69, 9.17) is 0 Å². The van der Waals surface area contributed by atoms with Crippen LogP contribution in [0, 0.1) is 10.1 Å². The fourth-order valence-corrected chi connectivity index (χ4v) is 2.92. The number of piperidine rings is 1. The minimum Gasteiger partial charge on any atom is -0.367 e. The van der Waals surface area contributed by atoms with Gasteiger partial charge in [0.2, 0.25) is 0 Å². The quantitative estimate of drug-likeness (QED) is 0.653. The highest BCUT2D eigenvalue weighted by molar-refractivity contribution is 5.89. The maximum absolute atomic E-state index is 12.2. The Hall–Kier alpha value is -3.10. The molecule has 1 aromatic carbocycles. The number of anilines is 2. The highest BCUT2D eigenvalue weighted by Gasteiger charge is 2.22. The molecule has 2 heterocycles. The molecule has 1 aliphatic rings. The number of nitrogens with zero attached hydrogens (tertiary/aromatic N) is 4. The molecule has 1 saturated heterocycles. The number of urea groups is 1. The fraction of sp³-hybridized carbons (Fsp3) is 0.375. The molecule has 0 saturated carbocycles. The number of nitrogens with one attached hydrogen (secondary N) is 2. The van der Waals surface area contributed by atoms with E-state index in [2.05, 4.69) is 20.6 Å². The Labute approximate surface area is 144 Å². The molecule has 9 nitrogen and oxygen atoms in total. The van der Waals surface area contributed by atoms with Crippen molar-refractivity contribution in [2.45, 2.75) is 18.9 Å². The summed E-state index contributed by atoms with van der Waals surface area (Å²) in [5.74, 6) is 0. The summed E-state index contributed by atoms with van der Waals surface area (Å²) in [5.41, 5.74) is 1.55. The smallest absolute Gasteiger partial charge is 0.319 e. The molecule has 0 bridgehead atoms. The number of benzene rings is 1. The zero-order valence-corrected chi connectivity index (χ0v) is 13.9. The van der Waals surface area contributed by atoms with Gasteiger partial charge in [0.25, 0.3) is 5.69 Å². The average Bonchev–Trinajstić information content (AvgIpc) is 3.02. The lowest BCUT2D eigenvalue weighted by Crippen LogP contribution is -2.48. The molecule has 3 rings (SSSR count). The first-order valence-corrected chi connectivity index (χ1v) is 8.07. The summed E-state index contributed by atoms with van der Waals surface area (Å²) < 4.78 is 1.76. The van der Waals surface area contributed by atoms with Crippen molar-refractivity contribution >= 4 is 23.1 Å². The van der Waals surface area contributed by atoms with Gasteiger partial charge in [-0.15, -0.1) is 0 Å². The molecule has 9 heteroatoms. The first-order valence-electron chi connectivity index (χ1n) is 8.07. The largest absolute Gasteiger partial charge is 0.367 e. The van der Waals surface area contributed by atoms with E-state index in [1.165, 1.54) is 24.3 Å². The minimum absolute atomic E-state index is 0.00893. The standard InChI is InChI=1S/C16H20N6O3/c1-20-11-15(9-17-20)21-8-2-3-13(10-21)19-16(23)18-12-4-6-14(7-5-12)22(24)25/h4-7,9,11,13H,2-3,8,10H2,1H3,(H2,18,19,23). The second-order valence-corrected chi connectivity index (χ2v) is 6.06. The van der Waals surface area contributed by atoms with Crippen LogP contribution in [0.2, 0.25) is 0 Å². The number of nitro benzene ring substituents is 1. The van der Waals surface area contributed by atoms with Gasteiger partial charge in [0.05, 0.1) is 16.8 Å². The Morgan fingerprint density at radius 1 is 1.36 bits per heavy atom. The van der Waals surface area contributed by atoms with Crippen LogP contribution < -0.4 is 15.5 Å². The molecule has 25 heavy (non-hydrogen) atoms. The highest BCUT2D eigenvalue weighted by Crippen LogP contribution is 2.19. The van der Waals surface area contributed by atoms with Crippen LogP contribution in [-0.2, 0) is 7.05 Å². The van der Waals surface area contributed by atoms with Crippen LogP contribution in [0.15, 0.2) is 36.7 Å². The van der Waals surface area contributed by atoms with Crippen LogP contribution in [0.3, 0.4) is 0 Å². The van der Waals surface area contributed by atoms with Gasteiger partial charge in [0.1, 0.15) is 0 Å². The molecule has 0 spiro atoms. The molecular weight excluding hydrogens is 324 g/mol. The molecule has 2 N–H and O–H groups in total. The van der Waals surface area contributed by atoms with Crippen LogP contribution in [0.5, 0.6) is 0 Å². The molecule has 1 aliphatic heterocycles. The van der Waals surface area contributed by atoms with Crippen molar-refractivity contribution in [2.24, 2.45) is 7.05 Å². The summed E-state index contributed by atoms with van der Waals surface area (Å²) in [6, 6.07) is 5.47. The molecule has 0 radical (unpaired) electrons. The van der Waals surface area contributed by atoms with Crippen LogP contribution in [0.4, 0.5) is 21.9 Å². The lowest BCUT2D eigenvalue weighted by molar-refractivity contribution is -0.384. The Morgan fingerprint density at radius 3 is 2.76 bits per heavy atom. The minimum atomic E-state index is -0.473. The first-order chi connectivity index (χ1) is 12.0. The van der Waals surface area contributed by atoms with Crippen molar-refractivity contribution in [3.8, 4) is 0 Å². The topological polar surface area (TPSA) is 105 Å². The molecule has 132 valence electrons. The van der Waals surface area contributed by atoms with Gasteiger partial charge in [-0.3, -0.25) is 14.8 Å². The number of nitro groups is 1. The molecule has 1 fully saturated rings. The second kappa shape index (κ2) is 7.20. The lowest BCUT2D eigenvalue weighted by atomic mass is 10.1. The molecule has 1 atom stereocenters. The van der Waals surface area contributed by atoms with Gasteiger partial charge >= 0.3 is 6.03 Å². The summed E-state index contributed by atoms with van der Waals surface area (Å²) in [5, 5.41) is 20.5. The van der Waals surface area contributed by atoms with E-state index in [1.54, 1.807) is 4.68 Å². The van der Waals surface area contributed by atoms with Gasteiger partial charge in [-0.1, -0.05) is 0 Å². The maximum Gasteiger partial charge on any atom is 0.319 e. The summed E-state index contributed by atoms with van der Waals surface area (Å²) in [7, 11) is 1.88. The van der Waals surface area contributed by atoms with Gasteiger partial charge in [-0.2, -0.15) is 5.10 Å². The SMILES string of the molecule is Cn1cc(N2CCCC(NC(=O)Nc3ccc([N+](=O)[O-])cc3)C2)cn1. The van der Waals surface area contributed by atoms with E-state index in [0.717, 1.165) is 31.6 Å². The van der Waals surface area contributed by atoms with E-state index in [9.17, 15) is 14.9 Å². The van der Waals surface area contributed by atoms with Crippen molar-refractivity contribution in [1.82, 2.24) is 15.1 Å². The van der Waals surface area contributed by atoms with Gasteiger partial charge in [-0.25, -0.2) is 4.79 Å². The summed E-state index contributed by atoms with van der Waals surface area (Å²) in [6.07, 6.45) is 5.67. The third kappa shape index (κ3) is 4.25. The number of carbonyl (C=O) groups excluding carboxylic acids is 1. The monoisotopic (exact) mass is 344 g/mol. The van der Waals surface area contributed by atoms with Crippen LogP contribution in [0.1, 0.15) is 12.8 Å². The lowest BCUT2D eigenvalue weighted by Gasteiger charge is -2.33. The van der Waals surface area contributed by atoms with Crippen molar-refractivity contribution in [3.05, 3.63) is 46.8 Å². The number of rotatable bonds is 4. The van der Waals surface area contributed by atoms with Gasteiger partial charge in [-0.05, 0) is 25.0 Å². The normalized spacial score (nSPS) is 17.2. The maximum atomic E-state index is 12.2. The Balaban J connectivity index is 1.54. The Kier molecular flexibility index (Phi) is 4.82. The second-order valence-electron chi connectivity index (χ2n) is 6.06. The van der Waals surface area contributed by atoms with Gasteiger partial charge in [0.15, 0.2) is 0 Å². The van der Waals surface area contributed by atoms with E-state index in [0.29, 0.717) is 5.69 Å². The number of aromatic nitrogens is 2. The fourth-order valence-electron chi connectivity index (χ4n) is 2.92. The third-order valence-corrected chi connectivity index (χ3v) is 4.15. The van der Waals surface area contributed by atoms with Crippen molar-refractivity contribution in [2.75, 3.05) is 23.3 Å². The van der Waals surface area contributed by atoms with Crippen LogP contribution in [0.25, 0.3) is 0 Å². The molecule has 2 amide bonds.